The summed E-state index contributed by atoms with van der Waals surface area (Å²) < 4.78 is 12.5. The van der Waals surface area contributed by atoms with Gasteiger partial charge in [0.1, 0.15) is 17.2 Å². The number of halogens is 2. The highest BCUT2D eigenvalue weighted by Gasteiger charge is 2.09. The summed E-state index contributed by atoms with van der Waals surface area (Å²) in [6, 6.07) is 8.78. The van der Waals surface area contributed by atoms with Gasteiger partial charge in [0, 0.05) is 6.07 Å². The lowest BCUT2D eigenvalue weighted by Gasteiger charge is -2.11. The van der Waals surface area contributed by atoms with Crippen LogP contribution in [0, 0.1) is 0 Å². The maximum atomic E-state index is 5.76. The molecule has 0 aliphatic carbocycles. The lowest BCUT2D eigenvalue weighted by Crippen LogP contribution is -1.95. The molecule has 4 nitrogen and oxygen atoms in total. The van der Waals surface area contributed by atoms with Gasteiger partial charge in [-0.1, -0.05) is 0 Å². The molecule has 4 N–H and O–H groups in total. The molecule has 0 aromatic heterocycles. The van der Waals surface area contributed by atoms with Gasteiger partial charge in [0.05, 0.1) is 27.4 Å². The number of anilines is 2. The molecule has 0 heterocycles. The fourth-order valence-electron chi connectivity index (χ4n) is 1.49. The van der Waals surface area contributed by atoms with E-state index in [9.17, 15) is 0 Å². The Kier molecular flexibility index (Phi) is 4.21. The van der Waals surface area contributed by atoms with Crippen molar-refractivity contribution in [2.45, 2.75) is 0 Å². The number of methoxy groups -OCH3 is 1. The van der Waals surface area contributed by atoms with Crippen molar-refractivity contribution >= 4 is 43.2 Å². The molecular weight excluding hydrogens is 376 g/mol. The number of ether oxygens (including phenoxy) is 2. The van der Waals surface area contributed by atoms with Crippen LogP contribution in [0.25, 0.3) is 0 Å². The maximum Gasteiger partial charge on any atom is 0.143 e. The highest BCUT2D eigenvalue weighted by Crippen LogP contribution is 2.38. The first-order valence-electron chi connectivity index (χ1n) is 5.37. The summed E-state index contributed by atoms with van der Waals surface area (Å²) in [7, 11) is 1.60. The Bertz CT molecular complexity index is 618. The summed E-state index contributed by atoms with van der Waals surface area (Å²) in [5, 5.41) is 0. The Balaban J connectivity index is 2.32. The van der Waals surface area contributed by atoms with Crippen LogP contribution >= 0.6 is 31.9 Å². The van der Waals surface area contributed by atoms with E-state index >= 15 is 0 Å². The molecule has 0 fully saturated rings. The van der Waals surface area contributed by atoms with Crippen molar-refractivity contribution in [3.63, 3.8) is 0 Å². The smallest absolute Gasteiger partial charge is 0.143 e. The highest BCUT2D eigenvalue weighted by atomic mass is 79.9. The standard InChI is InChI=1S/C13H12Br2N2O2/c1-18-12-5-9(15)13(6-8(12)14)19-7-2-3-10(16)11(17)4-7/h2-6H,16-17H2,1H3. The van der Waals surface area contributed by atoms with Crippen molar-refractivity contribution in [3.05, 3.63) is 39.3 Å². The maximum absolute atomic E-state index is 5.76. The summed E-state index contributed by atoms with van der Waals surface area (Å²) in [5.41, 5.74) is 12.4. The third-order valence-corrected chi connectivity index (χ3v) is 3.73. The fraction of sp³-hybridized carbons (Fsp3) is 0.0769. The van der Waals surface area contributed by atoms with Gasteiger partial charge in [-0.15, -0.1) is 0 Å². The van der Waals surface area contributed by atoms with E-state index in [1.54, 1.807) is 25.3 Å². The molecule has 2 aromatic carbocycles. The minimum atomic E-state index is 0.487. The molecule has 0 saturated heterocycles. The van der Waals surface area contributed by atoms with Crippen LogP contribution < -0.4 is 20.9 Å². The van der Waals surface area contributed by atoms with Crippen LogP contribution in [0.15, 0.2) is 39.3 Å². The molecule has 2 rings (SSSR count). The predicted octanol–water partition coefficient (Wildman–Crippen LogP) is 4.18. The Morgan fingerprint density at radius 2 is 1.53 bits per heavy atom. The van der Waals surface area contributed by atoms with Gasteiger partial charge < -0.3 is 20.9 Å². The predicted molar refractivity (Wildman–Crippen MR) is 83.7 cm³/mol. The van der Waals surface area contributed by atoms with Crippen LogP contribution in [0.1, 0.15) is 0 Å². The molecule has 19 heavy (non-hydrogen) atoms. The molecule has 0 spiro atoms. The van der Waals surface area contributed by atoms with Gasteiger partial charge in [-0.25, -0.2) is 0 Å². The van der Waals surface area contributed by atoms with Crippen molar-refractivity contribution < 1.29 is 9.47 Å². The van der Waals surface area contributed by atoms with Crippen LogP contribution in [0.3, 0.4) is 0 Å². The topological polar surface area (TPSA) is 70.5 Å². The number of nitrogens with two attached hydrogens (primary N) is 2. The number of rotatable bonds is 3. The van der Waals surface area contributed by atoms with Gasteiger partial charge >= 0.3 is 0 Å². The molecule has 0 aliphatic rings. The van der Waals surface area contributed by atoms with Crippen molar-refractivity contribution in [2.24, 2.45) is 0 Å². The fourth-order valence-corrected chi connectivity index (χ4v) is 2.38. The third kappa shape index (κ3) is 3.13. The zero-order valence-electron chi connectivity index (χ0n) is 10.1. The average Bonchev–Trinajstić information content (AvgIpc) is 2.38. The summed E-state index contributed by atoms with van der Waals surface area (Å²) >= 11 is 6.84. The van der Waals surface area contributed by atoms with Gasteiger partial charge in [-0.2, -0.15) is 0 Å². The second kappa shape index (κ2) is 5.71. The molecule has 0 radical (unpaired) electrons. The summed E-state index contributed by atoms with van der Waals surface area (Å²) in [6.07, 6.45) is 0. The zero-order valence-corrected chi connectivity index (χ0v) is 13.3. The summed E-state index contributed by atoms with van der Waals surface area (Å²) in [4.78, 5) is 0. The van der Waals surface area contributed by atoms with Crippen LogP contribution in [0.2, 0.25) is 0 Å². The average molecular weight is 388 g/mol. The van der Waals surface area contributed by atoms with Gasteiger partial charge in [0.2, 0.25) is 0 Å². The van der Waals surface area contributed by atoms with Crippen LogP contribution in [0.5, 0.6) is 17.2 Å². The van der Waals surface area contributed by atoms with E-state index in [4.69, 9.17) is 20.9 Å². The minimum absolute atomic E-state index is 0.487. The minimum Gasteiger partial charge on any atom is -0.496 e. The number of hydrogen-bond acceptors (Lipinski definition) is 4. The molecule has 0 atom stereocenters. The van der Waals surface area contributed by atoms with E-state index in [0.29, 0.717) is 22.9 Å². The first kappa shape index (κ1) is 14.0. The van der Waals surface area contributed by atoms with Gasteiger partial charge in [0.25, 0.3) is 0 Å². The Morgan fingerprint density at radius 1 is 0.895 bits per heavy atom. The highest BCUT2D eigenvalue weighted by molar-refractivity contribution is 9.11. The summed E-state index contributed by atoms with van der Waals surface area (Å²) in [6.45, 7) is 0. The van der Waals surface area contributed by atoms with Gasteiger partial charge in [-0.3, -0.25) is 0 Å². The number of benzene rings is 2. The van der Waals surface area contributed by atoms with Gasteiger partial charge in [-0.05, 0) is 56.1 Å². The molecule has 2 aromatic rings. The van der Waals surface area contributed by atoms with Gasteiger partial charge in [0.15, 0.2) is 0 Å². The van der Waals surface area contributed by atoms with Crippen LogP contribution in [-0.4, -0.2) is 7.11 Å². The molecule has 6 heteroatoms. The van der Waals surface area contributed by atoms with Crippen LogP contribution in [-0.2, 0) is 0 Å². The number of nitrogen functional groups attached to an aromatic ring is 2. The SMILES string of the molecule is COc1cc(Br)c(Oc2ccc(N)c(N)c2)cc1Br. The Morgan fingerprint density at radius 3 is 2.16 bits per heavy atom. The summed E-state index contributed by atoms with van der Waals surface area (Å²) in [5.74, 6) is 1.98. The van der Waals surface area contributed by atoms with E-state index in [-0.39, 0.29) is 0 Å². The monoisotopic (exact) mass is 386 g/mol. The molecule has 0 aliphatic heterocycles. The van der Waals surface area contributed by atoms with E-state index in [1.807, 2.05) is 12.1 Å². The second-order valence-corrected chi connectivity index (χ2v) is 5.52. The largest absolute Gasteiger partial charge is 0.496 e. The number of hydrogen-bond donors (Lipinski definition) is 2. The zero-order chi connectivity index (χ0) is 14.0. The normalized spacial score (nSPS) is 10.3. The molecule has 100 valence electrons. The lowest BCUT2D eigenvalue weighted by atomic mass is 10.2. The lowest BCUT2D eigenvalue weighted by molar-refractivity contribution is 0.409. The van der Waals surface area contributed by atoms with E-state index in [1.165, 1.54) is 0 Å². The van der Waals surface area contributed by atoms with E-state index < -0.39 is 0 Å². The Hall–Kier alpha value is -1.40. The molecule has 0 saturated carbocycles. The third-order valence-electron chi connectivity index (χ3n) is 2.49. The molecular formula is C13H12Br2N2O2. The molecule has 0 bridgehead atoms. The molecule has 0 amide bonds. The second-order valence-electron chi connectivity index (χ2n) is 3.81. The van der Waals surface area contributed by atoms with Crippen molar-refractivity contribution in [2.75, 3.05) is 18.6 Å². The first-order valence-corrected chi connectivity index (χ1v) is 6.95. The van der Waals surface area contributed by atoms with Crippen LogP contribution in [0.4, 0.5) is 11.4 Å². The Labute approximate surface area is 127 Å². The van der Waals surface area contributed by atoms with E-state index in [0.717, 1.165) is 14.7 Å². The van der Waals surface area contributed by atoms with Crippen molar-refractivity contribution in [1.82, 2.24) is 0 Å². The van der Waals surface area contributed by atoms with E-state index in [2.05, 4.69) is 31.9 Å². The van der Waals surface area contributed by atoms with Crippen molar-refractivity contribution in [3.8, 4) is 17.2 Å². The molecule has 0 unspecified atom stereocenters. The van der Waals surface area contributed by atoms with Crippen molar-refractivity contribution in [1.29, 1.82) is 0 Å². The first-order chi connectivity index (χ1) is 9.01. The quantitative estimate of drug-likeness (QED) is 0.775.